The minimum Gasteiger partial charge on any atom is -0.391 e. The van der Waals surface area contributed by atoms with Crippen LogP contribution in [0, 0.1) is 0 Å². The number of nitrogens with two attached hydrogens (primary N) is 3. The molecule has 4 fully saturated rings. The fourth-order valence-corrected chi connectivity index (χ4v) is 11.8. The van der Waals surface area contributed by atoms with Gasteiger partial charge in [-0.25, -0.2) is 43.2 Å². The summed E-state index contributed by atoms with van der Waals surface area (Å²) in [4.78, 5) is 112. The van der Waals surface area contributed by atoms with E-state index in [0.29, 0.717) is 0 Å². The third-order valence-electron chi connectivity index (χ3n) is 13.1. The zero-order valence-corrected chi connectivity index (χ0v) is 43.6. The Morgan fingerprint density at radius 1 is 0.613 bits per heavy atom. The van der Waals surface area contributed by atoms with E-state index in [1.165, 1.54) is 34.1 Å². The third-order valence-corrected chi connectivity index (χ3v) is 16.0. The minimum atomic E-state index is -5.43. The molecule has 0 bridgehead atoms. The lowest BCUT2D eigenvalue weighted by Gasteiger charge is -2.25. The van der Waals surface area contributed by atoms with Crippen LogP contribution < -0.4 is 39.7 Å². The summed E-state index contributed by atoms with van der Waals surface area (Å²) in [6.45, 7) is -4.28. The largest absolute Gasteiger partial charge is 0.472 e. The SMILES string of the molecule is Nc1ccn([C@H]2C[C@H](O)[C@@H](COP(=O)(O)OC[C@H]3O[C@@H](n4cc(CO)c(=O)[nH]c4=O)C[C@@H]3OP(=O)(O)OC[C@H]3O[C@@H](n4cnc5c(=O)[nH]c(N)nc54)C[C@@H]3OP(=O)(O)OC[C@H]3O[C@@H](n4cnc5c(N)ncnc54)C[C@@H]3O)O2)c(=O)n1. The quantitative estimate of drug-likeness (QED) is 0.0320. The summed E-state index contributed by atoms with van der Waals surface area (Å²) in [6, 6.07) is 1.31. The number of fused-ring (bicyclic) bond motifs is 2. The maximum atomic E-state index is 13.9. The molecule has 10 heterocycles. The van der Waals surface area contributed by atoms with Gasteiger partial charge in [0.15, 0.2) is 22.6 Å². The lowest BCUT2D eigenvalue weighted by atomic mass is 10.2. The molecule has 4 aliphatic heterocycles. The number of aliphatic hydroxyl groups excluding tert-OH is 3. The number of aliphatic hydroxyl groups is 3. The highest BCUT2D eigenvalue weighted by Gasteiger charge is 2.48. The molecular weight excluding hydrogens is 1140 g/mol. The monoisotopic (exact) mass is 1190 g/mol. The van der Waals surface area contributed by atoms with Gasteiger partial charge in [-0.05, 0) is 6.07 Å². The van der Waals surface area contributed by atoms with Crippen LogP contribution in [0.2, 0.25) is 0 Å². The molecule has 6 aromatic heterocycles. The second-order valence-electron chi connectivity index (χ2n) is 18.4. The lowest BCUT2D eigenvalue weighted by Crippen LogP contribution is -2.34. The van der Waals surface area contributed by atoms with Crippen LogP contribution in [-0.2, 0) is 66.4 Å². The first-order valence-electron chi connectivity index (χ1n) is 23.8. The summed E-state index contributed by atoms with van der Waals surface area (Å²) in [5.41, 5.74) is 13.7. The van der Waals surface area contributed by atoms with Gasteiger partial charge in [0.1, 0.15) is 79.2 Å². The van der Waals surface area contributed by atoms with Crippen LogP contribution in [0.1, 0.15) is 56.2 Å². The molecule has 80 heavy (non-hydrogen) atoms. The number of imidazole rings is 2. The number of H-pyrrole nitrogens is 2. The van der Waals surface area contributed by atoms with Gasteiger partial charge in [-0.2, -0.15) is 9.97 Å². The van der Waals surface area contributed by atoms with Gasteiger partial charge in [0.05, 0.1) is 63.5 Å². The molecule has 4 saturated heterocycles. The first-order chi connectivity index (χ1) is 37.9. The van der Waals surface area contributed by atoms with Crippen LogP contribution in [0.5, 0.6) is 0 Å². The number of hydrogen-bond donors (Lipinski definition) is 11. The van der Waals surface area contributed by atoms with E-state index in [1.54, 1.807) is 0 Å². The van der Waals surface area contributed by atoms with Gasteiger partial charge in [-0.1, -0.05) is 0 Å². The number of phosphoric ester groups is 3. The highest BCUT2D eigenvalue weighted by molar-refractivity contribution is 7.48. The fraction of sp³-hybridized carbons (Fsp3) is 0.538. The Morgan fingerprint density at radius 3 is 1.71 bits per heavy atom. The second-order valence-corrected chi connectivity index (χ2v) is 22.6. The molecular formula is C39H50N15O23P3. The van der Waals surface area contributed by atoms with Gasteiger partial charge >= 0.3 is 34.8 Å². The third kappa shape index (κ3) is 12.4. The summed E-state index contributed by atoms with van der Waals surface area (Å²) < 4.78 is 101. The Balaban J connectivity index is 0.825. The van der Waals surface area contributed by atoms with Gasteiger partial charge in [0.2, 0.25) is 5.95 Å². The highest BCUT2D eigenvalue weighted by Crippen LogP contribution is 2.53. The molecule has 6 aromatic rings. The summed E-state index contributed by atoms with van der Waals surface area (Å²) >= 11 is 0. The predicted octanol–water partition coefficient (Wildman–Crippen LogP) is -2.98. The smallest absolute Gasteiger partial charge is 0.391 e. The first-order valence-corrected chi connectivity index (χ1v) is 28.3. The predicted molar refractivity (Wildman–Crippen MR) is 262 cm³/mol. The second kappa shape index (κ2) is 22.7. The van der Waals surface area contributed by atoms with E-state index in [4.69, 9.17) is 63.3 Å². The molecule has 10 rings (SSSR count). The maximum absolute atomic E-state index is 13.9. The van der Waals surface area contributed by atoms with Crippen LogP contribution >= 0.6 is 23.5 Å². The molecule has 14 N–H and O–H groups in total. The number of ether oxygens (including phenoxy) is 4. The van der Waals surface area contributed by atoms with Crippen molar-refractivity contribution in [2.24, 2.45) is 0 Å². The molecule has 3 unspecified atom stereocenters. The number of aromatic nitrogens is 12. The molecule has 0 aromatic carbocycles. The Kier molecular flexibility index (Phi) is 16.2. The summed E-state index contributed by atoms with van der Waals surface area (Å²) in [5.74, 6) is -0.285. The molecule has 434 valence electrons. The Hall–Kier alpha value is -6.09. The maximum Gasteiger partial charge on any atom is 0.472 e. The zero-order valence-electron chi connectivity index (χ0n) is 40.9. The molecule has 15 atom stereocenters. The van der Waals surface area contributed by atoms with Gasteiger partial charge < -0.3 is 66.1 Å². The van der Waals surface area contributed by atoms with E-state index in [1.807, 2.05) is 4.98 Å². The van der Waals surface area contributed by atoms with Gasteiger partial charge in [-0.15, -0.1) is 0 Å². The number of nitrogen functional groups attached to an aromatic ring is 3. The van der Waals surface area contributed by atoms with Crippen molar-refractivity contribution in [2.45, 2.75) is 106 Å². The van der Waals surface area contributed by atoms with Crippen molar-refractivity contribution in [3.8, 4) is 0 Å². The molecule has 0 radical (unpaired) electrons. The highest BCUT2D eigenvalue weighted by atomic mass is 31.2. The average Bonchev–Trinajstić information content (AvgIpc) is 4.27. The summed E-state index contributed by atoms with van der Waals surface area (Å²) in [7, 11) is -15.8. The van der Waals surface area contributed by atoms with Gasteiger partial charge in [-0.3, -0.25) is 65.0 Å². The number of nitrogens with one attached hydrogen (secondary N) is 2. The van der Waals surface area contributed by atoms with Crippen LogP contribution in [0.4, 0.5) is 17.6 Å². The number of rotatable bonds is 21. The van der Waals surface area contributed by atoms with E-state index in [-0.39, 0.29) is 64.7 Å². The number of phosphoric acid groups is 3. The molecule has 0 saturated carbocycles. The molecule has 0 amide bonds. The van der Waals surface area contributed by atoms with Crippen molar-refractivity contribution in [1.29, 1.82) is 0 Å². The topological polar surface area (TPSA) is 540 Å². The Bertz CT molecular complexity index is 3670. The number of aromatic amines is 2. The van der Waals surface area contributed by atoms with Crippen LogP contribution in [0.15, 0.2) is 56.6 Å². The lowest BCUT2D eigenvalue weighted by molar-refractivity contribution is -0.0633. The van der Waals surface area contributed by atoms with E-state index in [9.17, 15) is 62.9 Å². The van der Waals surface area contributed by atoms with Crippen LogP contribution in [-0.4, -0.2) is 163 Å². The number of nitrogens with zero attached hydrogens (tertiary/aromatic N) is 10. The van der Waals surface area contributed by atoms with Crippen molar-refractivity contribution >= 4 is 63.4 Å². The molecule has 0 spiro atoms. The van der Waals surface area contributed by atoms with E-state index in [2.05, 4.69) is 34.9 Å². The van der Waals surface area contributed by atoms with Crippen molar-refractivity contribution in [3.63, 3.8) is 0 Å². The molecule has 4 aliphatic rings. The fourth-order valence-electron chi connectivity index (χ4n) is 9.18. The first kappa shape index (κ1) is 57.2. The van der Waals surface area contributed by atoms with E-state index in [0.717, 1.165) is 21.7 Å². The molecule has 38 nitrogen and oxygen atoms in total. The van der Waals surface area contributed by atoms with Crippen molar-refractivity contribution in [1.82, 2.24) is 58.1 Å². The van der Waals surface area contributed by atoms with Gasteiger partial charge in [0.25, 0.3) is 11.1 Å². The summed E-state index contributed by atoms with van der Waals surface area (Å²) in [5, 5.41) is 31.2. The van der Waals surface area contributed by atoms with Crippen LogP contribution in [0.25, 0.3) is 22.3 Å². The molecule has 41 heteroatoms. The van der Waals surface area contributed by atoms with E-state index < -0.39 is 159 Å². The zero-order chi connectivity index (χ0) is 57.0. The Morgan fingerprint density at radius 2 is 1.12 bits per heavy atom. The van der Waals surface area contributed by atoms with Crippen LogP contribution in [0.3, 0.4) is 0 Å². The van der Waals surface area contributed by atoms with Crippen molar-refractivity contribution in [2.75, 3.05) is 43.6 Å². The summed E-state index contributed by atoms with van der Waals surface area (Å²) in [6.07, 6.45) is -11.4. The van der Waals surface area contributed by atoms with Crippen molar-refractivity contribution < 1.29 is 89.8 Å². The average molecular weight is 1190 g/mol. The Labute approximate surface area is 444 Å². The minimum absolute atomic E-state index is 0.0326. The normalized spacial score (nSPS) is 29.3. The standard InChI is InChI=1S/C39H50N15O23P3/c40-25-1-2-51(38(60)47-25)26-3-17(56)21(72-26)9-68-78(62,63)69-11-23-19(5-28(74-23)52-7-16(8-55)35(58)50-39(52)61)76-80(66,67)71-12-24-20(6-29(75-24)54-15-46-31-34(54)48-37(42)49-36(31)59)77-79(64,65)70-10-22-18(57)4-27(73-22)53-14-45-30-32(41)43-13-44-33(30)53/h1-2,7,13-15,17-24,26-29,55-57H,3-6,8-12H2,(H,62,63)(H,64,65)(H,66,67)(H2,40,47,60)(H2,41,43,44)(H,50,58,61)(H3,42,48,49,59)/t17-,18-,19-,20-,21+,22+,23+,24+,26+,27+,28+,29+/m0/s1. The number of anilines is 3. The van der Waals surface area contributed by atoms with Gasteiger partial charge in [0, 0.05) is 38.1 Å². The van der Waals surface area contributed by atoms with E-state index >= 15 is 0 Å². The number of hydrogen-bond acceptors (Lipinski definition) is 29. The van der Waals surface area contributed by atoms with Crippen molar-refractivity contribution in [3.05, 3.63) is 84.7 Å². The molecule has 0 aliphatic carbocycles.